The summed E-state index contributed by atoms with van der Waals surface area (Å²) in [6.07, 6.45) is 0.422. The number of carbonyl (C=O) groups is 1. The number of fused-ring (bicyclic) bond motifs is 1. The number of hydrogen-bond donors (Lipinski definition) is 1. The average Bonchev–Trinajstić information content (AvgIpc) is 2.69. The summed E-state index contributed by atoms with van der Waals surface area (Å²) in [6, 6.07) is 14.5. The van der Waals surface area contributed by atoms with Crippen molar-refractivity contribution in [3.05, 3.63) is 70.8 Å². The van der Waals surface area contributed by atoms with Gasteiger partial charge in [0.1, 0.15) is 17.5 Å². The van der Waals surface area contributed by atoms with Crippen LogP contribution in [0.4, 0.5) is 5.69 Å². The van der Waals surface area contributed by atoms with Crippen LogP contribution < -0.4 is 10.1 Å². The highest BCUT2D eigenvalue weighted by molar-refractivity contribution is 5.83. The topological polar surface area (TPSA) is 56.8 Å². The normalized spacial score (nSPS) is 19.0. The summed E-state index contributed by atoms with van der Waals surface area (Å²) in [6.45, 7) is 14.3. The van der Waals surface area contributed by atoms with Crippen LogP contribution in [0, 0.1) is 6.92 Å². The third-order valence-electron chi connectivity index (χ3n) is 5.34. The molecule has 172 valence electrons. The summed E-state index contributed by atoms with van der Waals surface area (Å²) in [5.41, 5.74) is 4.42. The summed E-state index contributed by atoms with van der Waals surface area (Å²) < 4.78 is 18.5. The molecule has 1 N–H and O–H groups in total. The number of anilines is 1. The van der Waals surface area contributed by atoms with Crippen LogP contribution >= 0.6 is 0 Å². The van der Waals surface area contributed by atoms with E-state index in [9.17, 15) is 4.79 Å². The molecule has 0 spiro atoms. The van der Waals surface area contributed by atoms with Gasteiger partial charge in [-0.3, -0.25) is 0 Å². The predicted octanol–water partition coefficient (Wildman–Crippen LogP) is 6.12. The minimum atomic E-state index is -0.742. The molecule has 2 aromatic carbocycles. The molecule has 0 aliphatic carbocycles. The number of esters is 1. The summed E-state index contributed by atoms with van der Waals surface area (Å²) in [5.74, 6) is 0.359. The van der Waals surface area contributed by atoms with E-state index >= 15 is 0 Å². The zero-order valence-electron chi connectivity index (χ0n) is 20.2. The number of aryl methyl sites for hydroxylation is 1. The summed E-state index contributed by atoms with van der Waals surface area (Å²) in [4.78, 5) is 12.5. The molecule has 1 aliphatic rings. The Labute approximate surface area is 191 Å². The minimum Gasteiger partial charge on any atom is -0.483 e. The fourth-order valence-corrected chi connectivity index (χ4v) is 3.79. The smallest absolute Gasteiger partial charge is 0.331 e. The molecule has 0 bridgehead atoms. The third kappa shape index (κ3) is 5.92. The first-order valence-electron chi connectivity index (χ1n) is 11.2. The molecule has 1 heterocycles. The van der Waals surface area contributed by atoms with Gasteiger partial charge in [0.2, 0.25) is 0 Å². The van der Waals surface area contributed by atoms with Crippen LogP contribution in [0.15, 0.2) is 54.1 Å². The molecular formula is C27H35NO4. The molecule has 32 heavy (non-hydrogen) atoms. The Morgan fingerprint density at radius 2 is 1.84 bits per heavy atom. The van der Waals surface area contributed by atoms with Crippen LogP contribution in [0.1, 0.15) is 64.3 Å². The van der Waals surface area contributed by atoms with Crippen LogP contribution in [0.2, 0.25) is 0 Å². The Hall–Kier alpha value is -2.79. The van der Waals surface area contributed by atoms with E-state index in [0.717, 1.165) is 22.6 Å². The van der Waals surface area contributed by atoms with E-state index in [4.69, 9.17) is 14.2 Å². The van der Waals surface area contributed by atoms with Gasteiger partial charge in [-0.15, -0.1) is 0 Å². The second-order valence-electron chi connectivity index (χ2n) is 9.48. The maximum atomic E-state index is 12.5. The second kappa shape index (κ2) is 9.78. The maximum Gasteiger partial charge on any atom is 0.331 e. The first-order valence-corrected chi connectivity index (χ1v) is 11.2. The van der Waals surface area contributed by atoms with Crippen molar-refractivity contribution in [2.45, 2.75) is 78.9 Å². The quantitative estimate of drug-likeness (QED) is 0.418. The Kier molecular flexibility index (Phi) is 7.29. The van der Waals surface area contributed by atoms with Crippen molar-refractivity contribution in [1.82, 2.24) is 0 Å². The van der Waals surface area contributed by atoms with E-state index in [1.54, 1.807) is 0 Å². The molecule has 2 atom stereocenters. The summed E-state index contributed by atoms with van der Waals surface area (Å²) >= 11 is 0. The molecule has 0 saturated carbocycles. The monoisotopic (exact) mass is 437 g/mol. The van der Waals surface area contributed by atoms with Gasteiger partial charge >= 0.3 is 5.97 Å². The Morgan fingerprint density at radius 3 is 2.47 bits per heavy atom. The molecule has 5 heteroatoms. The highest BCUT2D eigenvalue weighted by Gasteiger charge is 2.47. The van der Waals surface area contributed by atoms with Gasteiger partial charge in [-0.2, -0.15) is 0 Å². The third-order valence-corrected chi connectivity index (χ3v) is 5.34. The van der Waals surface area contributed by atoms with Crippen LogP contribution in [-0.4, -0.2) is 23.8 Å². The number of hydrogen-bond acceptors (Lipinski definition) is 5. The van der Waals surface area contributed by atoms with E-state index in [0.29, 0.717) is 6.54 Å². The van der Waals surface area contributed by atoms with Crippen LogP contribution in [0.5, 0.6) is 5.75 Å². The van der Waals surface area contributed by atoms with Crippen LogP contribution in [0.3, 0.4) is 0 Å². The fraction of sp³-hybridized carbons (Fsp3) is 0.444. The van der Waals surface area contributed by atoms with E-state index in [-0.39, 0.29) is 12.1 Å². The summed E-state index contributed by atoms with van der Waals surface area (Å²) in [7, 11) is 0. The summed E-state index contributed by atoms with van der Waals surface area (Å²) in [5, 5.41) is 3.48. The Balaban J connectivity index is 1.90. The zero-order valence-corrected chi connectivity index (χ0v) is 20.2. The molecule has 0 radical (unpaired) electrons. The van der Waals surface area contributed by atoms with Gasteiger partial charge < -0.3 is 19.5 Å². The van der Waals surface area contributed by atoms with Gasteiger partial charge in [-0.05, 0) is 72.2 Å². The molecule has 0 aromatic heterocycles. The average molecular weight is 438 g/mol. The molecule has 0 saturated heterocycles. The fourth-order valence-electron chi connectivity index (χ4n) is 3.79. The number of nitrogens with one attached hydrogen (secondary N) is 1. The van der Waals surface area contributed by atoms with Crippen molar-refractivity contribution in [3.63, 3.8) is 0 Å². The SMILES string of the molecule is CC(C)=CC(=O)OC1C(OC(C)C)c2cc(NCc3ccc(C)cc3)ccc2OC1(C)C. The van der Waals surface area contributed by atoms with Crippen molar-refractivity contribution in [2.75, 3.05) is 5.32 Å². The number of allylic oxidation sites excluding steroid dienone is 1. The lowest BCUT2D eigenvalue weighted by Gasteiger charge is -2.44. The molecule has 0 amide bonds. The lowest BCUT2D eigenvalue weighted by atomic mass is 9.87. The standard InChI is InChI=1S/C27H35NO4/c1-17(2)14-24(29)31-26-25(30-18(3)4)22-15-21(12-13-23(22)32-27(26,6)7)28-16-20-10-8-19(5)9-11-20/h8-15,18,25-26,28H,16H2,1-7H3. The maximum absolute atomic E-state index is 12.5. The van der Waals surface area contributed by atoms with Gasteiger partial charge in [0.15, 0.2) is 6.10 Å². The lowest BCUT2D eigenvalue weighted by Crippen LogP contribution is -2.52. The second-order valence-corrected chi connectivity index (χ2v) is 9.48. The Morgan fingerprint density at radius 1 is 1.16 bits per heavy atom. The van der Waals surface area contributed by atoms with Crippen LogP contribution in [0.25, 0.3) is 0 Å². The minimum absolute atomic E-state index is 0.0458. The highest BCUT2D eigenvalue weighted by Crippen LogP contribution is 2.45. The van der Waals surface area contributed by atoms with Gasteiger partial charge in [-0.1, -0.05) is 35.4 Å². The number of ether oxygens (including phenoxy) is 3. The van der Waals surface area contributed by atoms with E-state index in [1.807, 2.05) is 59.7 Å². The van der Waals surface area contributed by atoms with Crippen molar-refractivity contribution < 1.29 is 19.0 Å². The van der Waals surface area contributed by atoms with Crippen molar-refractivity contribution in [2.24, 2.45) is 0 Å². The highest BCUT2D eigenvalue weighted by atomic mass is 16.6. The predicted molar refractivity (Wildman–Crippen MR) is 128 cm³/mol. The molecular weight excluding hydrogens is 402 g/mol. The number of carbonyl (C=O) groups excluding carboxylic acids is 1. The van der Waals surface area contributed by atoms with Crippen LogP contribution in [-0.2, 0) is 20.8 Å². The van der Waals surface area contributed by atoms with Crippen molar-refractivity contribution in [3.8, 4) is 5.75 Å². The molecule has 3 rings (SSSR count). The van der Waals surface area contributed by atoms with E-state index in [1.165, 1.54) is 17.2 Å². The lowest BCUT2D eigenvalue weighted by molar-refractivity contribution is -0.184. The van der Waals surface area contributed by atoms with Gasteiger partial charge in [0.25, 0.3) is 0 Å². The molecule has 5 nitrogen and oxygen atoms in total. The zero-order chi connectivity index (χ0) is 23.5. The van der Waals surface area contributed by atoms with Gasteiger partial charge in [-0.25, -0.2) is 4.79 Å². The van der Waals surface area contributed by atoms with Crippen molar-refractivity contribution >= 4 is 11.7 Å². The number of rotatable bonds is 7. The first-order chi connectivity index (χ1) is 15.0. The molecule has 1 aliphatic heterocycles. The molecule has 2 unspecified atom stereocenters. The molecule has 0 fully saturated rings. The van der Waals surface area contributed by atoms with Gasteiger partial charge in [0.05, 0.1) is 6.10 Å². The van der Waals surface area contributed by atoms with E-state index < -0.39 is 17.8 Å². The largest absolute Gasteiger partial charge is 0.483 e. The first kappa shape index (κ1) is 23.9. The Bertz CT molecular complexity index is 972. The van der Waals surface area contributed by atoms with Crippen molar-refractivity contribution in [1.29, 1.82) is 0 Å². The molecule has 2 aromatic rings. The number of benzene rings is 2. The van der Waals surface area contributed by atoms with Gasteiger partial charge in [0, 0.05) is 23.9 Å². The van der Waals surface area contributed by atoms with E-state index in [2.05, 4.69) is 36.5 Å².